The Bertz CT molecular complexity index is 123. The maximum absolute atomic E-state index is 4.02. The van der Waals surface area contributed by atoms with Crippen LogP contribution in [0.15, 0.2) is 12.3 Å². The Morgan fingerprint density at radius 1 is 1.08 bits per heavy atom. The smallest absolute Gasteiger partial charge is 0.0174 e. The molecule has 0 spiro atoms. The van der Waals surface area contributed by atoms with Crippen molar-refractivity contribution in [2.45, 2.75) is 52.9 Å². The summed E-state index contributed by atoms with van der Waals surface area (Å²) in [6.45, 7) is 12.9. The Hall–Kier alpha value is -0.460. The van der Waals surface area contributed by atoms with Crippen molar-refractivity contribution in [2.24, 2.45) is 0 Å². The SMILES string of the molecule is C=C(CC)N1CCCCC1.CCC. The first-order valence-corrected chi connectivity index (χ1v) is 5.68. The van der Waals surface area contributed by atoms with E-state index >= 15 is 0 Å². The van der Waals surface area contributed by atoms with E-state index in [1.165, 1.54) is 44.5 Å². The minimum atomic E-state index is 1.11. The molecule has 0 aromatic heterocycles. The lowest BCUT2D eigenvalue weighted by Crippen LogP contribution is -2.28. The third-order valence-corrected chi connectivity index (χ3v) is 2.21. The molecule has 0 saturated carbocycles. The van der Waals surface area contributed by atoms with Crippen LogP contribution in [0, 0.1) is 0 Å². The molecule has 0 aromatic carbocycles. The van der Waals surface area contributed by atoms with Gasteiger partial charge < -0.3 is 4.90 Å². The summed E-state index contributed by atoms with van der Waals surface area (Å²) >= 11 is 0. The fourth-order valence-electron chi connectivity index (χ4n) is 1.43. The highest BCUT2D eigenvalue weighted by molar-refractivity contribution is 4.93. The van der Waals surface area contributed by atoms with Crippen LogP contribution < -0.4 is 0 Å². The molecule has 1 aliphatic heterocycles. The first kappa shape index (κ1) is 12.5. The van der Waals surface area contributed by atoms with E-state index in [2.05, 4.69) is 32.3 Å². The highest BCUT2D eigenvalue weighted by Gasteiger charge is 2.09. The number of rotatable bonds is 2. The van der Waals surface area contributed by atoms with Crippen molar-refractivity contribution in [2.75, 3.05) is 13.1 Å². The predicted molar refractivity (Wildman–Crippen MR) is 60.8 cm³/mol. The fourth-order valence-corrected chi connectivity index (χ4v) is 1.43. The van der Waals surface area contributed by atoms with Crippen LogP contribution in [0.2, 0.25) is 0 Å². The van der Waals surface area contributed by atoms with Crippen LogP contribution in [0.25, 0.3) is 0 Å². The second kappa shape index (κ2) is 8.15. The van der Waals surface area contributed by atoms with Gasteiger partial charge >= 0.3 is 0 Å². The van der Waals surface area contributed by atoms with Crippen molar-refractivity contribution in [3.05, 3.63) is 12.3 Å². The highest BCUT2D eigenvalue weighted by atomic mass is 15.1. The molecule has 1 fully saturated rings. The monoisotopic (exact) mass is 183 g/mol. The van der Waals surface area contributed by atoms with Gasteiger partial charge in [0.1, 0.15) is 0 Å². The van der Waals surface area contributed by atoms with E-state index in [1.807, 2.05) is 0 Å². The Labute approximate surface area is 83.8 Å². The number of nitrogens with zero attached hydrogens (tertiary/aromatic N) is 1. The Kier molecular flexibility index (Phi) is 7.86. The molecule has 0 aromatic rings. The van der Waals surface area contributed by atoms with Gasteiger partial charge in [-0.3, -0.25) is 0 Å². The zero-order valence-electron chi connectivity index (χ0n) is 9.60. The molecule has 0 amide bonds. The summed E-state index contributed by atoms with van der Waals surface area (Å²) < 4.78 is 0. The van der Waals surface area contributed by atoms with Crippen molar-refractivity contribution < 1.29 is 0 Å². The summed E-state index contributed by atoms with van der Waals surface area (Å²) in [5, 5.41) is 0. The second-order valence-corrected chi connectivity index (χ2v) is 3.67. The van der Waals surface area contributed by atoms with E-state index in [9.17, 15) is 0 Å². The average Bonchev–Trinajstić information content (AvgIpc) is 2.19. The molecule has 0 aliphatic carbocycles. The number of likely N-dealkylation sites (tertiary alicyclic amines) is 1. The van der Waals surface area contributed by atoms with Crippen LogP contribution in [0.5, 0.6) is 0 Å². The molecular formula is C12H25N. The number of hydrogen-bond acceptors (Lipinski definition) is 1. The van der Waals surface area contributed by atoms with E-state index in [0.717, 1.165) is 6.42 Å². The van der Waals surface area contributed by atoms with Crippen LogP contribution in [0.4, 0.5) is 0 Å². The van der Waals surface area contributed by atoms with E-state index < -0.39 is 0 Å². The Morgan fingerprint density at radius 3 is 1.92 bits per heavy atom. The Morgan fingerprint density at radius 2 is 1.54 bits per heavy atom. The van der Waals surface area contributed by atoms with Crippen molar-refractivity contribution in [3.63, 3.8) is 0 Å². The van der Waals surface area contributed by atoms with Gasteiger partial charge in [-0.25, -0.2) is 0 Å². The van der Waals surface area contributed by atoms with Gasteiger partial charge in [0, 0.05) is 18.8 Å². The van der Waals surface area contributed by atoms with E-state index in [1.54, 1.807) is 0 Å². The standard InChI is InChI=1S/C9H17N.C3H8/c1-3-9(2)10-7-5-4-6-8-10;1-3-2/h2-8H2,1H3;3H2,1-2H3. The molecule has 0 radical (unpaired) electrons. The Balaban J connectivity index is 0.000000424. The normalized spacial score (nSPS) is 16.1. The second-order valence-electron chi connectivity index (χ2n) is 3.67. The summed E-state index contributed by atoms with van der Waals surface area (Å²) in [5.74, 6) is 0. The van der Waals surface area contributed by atoms with Gasteiger partial charge in [0.25, 0.3) is 0 Å². The zero-order chi connectivity index (χ0) is 10.1. The van der Waals surface area contributed by atoms with Crippen molar-refractivity contribution in [1.29, 1.82) is 0 Å². The average molecular weight is 183 g/mol. The van der Waals surface area contributed by atoms with Crippen LogP contribution in [-0.4, -0.2) is 18.0 Å². The van der Waals surface area contributed by atoms with Gasteiger partial charge in [-0.2, -0.15) is 0 Å². The molecule has 1 saturated heterocycles. The minimum absolute atomic E-state index is 1.11. The molecule has 78 valence electrons. The topological polar surface area (TPSA) is 3.24 Å². The lowest BCUT2D eigenvalue weighted by Gasteiger charge is -2.29. The van der Waals surface area contributed by atoms with Crippen LogP contribution in [-0.2, 0) is 0 Å². The van der Waals surface area contributed by atoms with E-state index in [0.29, 0.717) is 0 Å². The van der Waals surface area contributed by atoms with Crippen LogP contribution in [0.3, 0.4) is 0 Å². The number of piperidine rings is 1. The fraction of sp³-hybridized carbons (Fsp3) is 0.833. The van der Waals surface area contributed by atoms with Gasteiger partial charge in [0.05, 0.1) is 0 Å². The van der Waals surface area contributed by atoms with Gasteiger partial charge in [-0.05, 0) is 25.7 Å². The van der Waals surface area contributed by atoms with E-state index in [4.69, 9.17) is 0 Å². The third-order valence-electron chi connectivity index (χ3n) is 2.21. The molecule has 1 heteroatoms. The molecule has 0 N–H and O–H groups in total. The summed E-state index contributed by atoms with van der Waals surface area (Å²) in [6.07, 6.45) is 6.49. The lowest BCUT2D eigenvalue weighted by molar-refractivity contribution is 0.280. The van der Waals surface area contributed by atoms with Crippen molar-refractivity contribution >= 4 is 0 Å². The molecule has 1 aliphatic rings. The molecular weight excluding hydrogens is 158 g/mol. The molecule has 0 bridgehead atoms. The quantitative estimate of drug-likeness (QED) is 0.629. The molecule has 1 rings (SSSR count). The molecule has 1 nitrogen and oxygen atoms in total. The minimum Gasteiger partial charge on any atom is -0.375 e. The summed E-state index contributed by atoms with van der Waals surface area (Å²) in [4.78, 5) is 2.42. The largest absolute Gasteiger partial charge is 0.375 e. The lowest BCUT2D eigenvalue weighted by atomic mass is 10.1. The van der Waals surface area contributed by atoms with E-state index in [-0.39, 0.29) is 0 Å². The molecule has 0 atom stereocenters. The zero-order valence-corrected chi connectivity index (χ0v) is 9.60. The molecule has 0 unspecified atom stereocenters. The van der Waals surface area contributed by atoms with Crippen LogP contribution >= 0.6 is 0 Å². The summed E-state index contributed by atoms with van der Waals surface area (Å²) in [5.41, 5.74) is 1.32. The van der Waals surface area contributed by atoms with Crippen molar-refractivity contribution in [1.82, 2.24) is 4.90 Å². The van der Waals surface area contributed by atoms with Crippen LogP contribution in [0.1, 0.15) is 52.9 Å². The van der Waals surface area contributed by atoms with Crippen molar-refractivity contribution in [3.8, 4) is 0 Å². The number of hydrogen-bond donors (Lipinski definition) is 0. The predicted octanol–water partition coefficient (Wildman–Crippen LogP) is 3.81. The highest BCUT2D eigenvalue weighted by Crippen LogP contribution is 2.14. The molecule has 1 heterocycles. The first-order chi connectivity index (χ1) is 6.26. The molecule has 13 heavy (non-hydrogen) atoms. The maximum atomic E-state index is 4.02. The van der Waals surface area contributed by atoms with Gasteiger partial charge in [0.15, 0.2) is 0 Å². The van der Waals surface area contributed by atoms with Gasteiger partial charge in [-0.1, -0.05) is 33.8 Å². The maximum Gasteiger partial charge on any atom is 0.0174 e. The summed E-state index contributed by atoms with van der Waals surface area (Å²) in [7, 11) is 0. The first-order valence-electron chi connectivity index (χ1n) is 5.68. The van der Waals surface area contributed by atoms with Gasteiger partial charge in [-0.15, -0.1) is 0 Å². The number of allylic oxidation sites excluding steroid dienone is 1. The van der Waals surface area contributed by atoms with Gasteiger partial charge in [0.2, 0.25) is 0 Å². The summed E-state index contributed by atoms with van der Waals surface area (Å²) in [6, 6.07) is 0. The third kappa shape index (κ3) is 5.73.